The molecule has 7 heteroatoms. The zero-order valence-corrected chi connectivity index (χ0v) is 9.02. The highest BCUT2D eigenvalue weighted by atomic mass is 79.9. The van der Waals surface area contributed by atoms with E-state index in [-0.39, 0.29) is 0 Å². The highest BCUT2D eigenvalue weighted by Gasteiger charge is 2.08. The molecular formula is C7H8BrN5O. The molecule has 2 N–H and O–H groups in total. The first-order chi connectivity index (χ1) is 6.66. The lowest BCUT2D eigenvalue weighted by Crippen LogP contribution is -2.02. The van der Waals surface area contributed by atoms with Crippen molar-refractivity contribution in [2.24, 2.45) is 0 Å². The summed E-state index contributed by atoms with van der Waals surface area (Å²) in [6.07, 6.45) is 1.78. The van der Waals surface area contributed by atoms with Crippen molar-refractivity contribution < 1.29 is 4.63 Å². The number of anilines is 1. The van der Waals surface area contributed by atoms with E-state index >= 15 is 0 Å². The first kappa shape index (κ1) is 9.20. The quantitative estimate of drug-likeness (QED) is 0.867. The Balaban J connectivity index is 2.23. The molecule has 0 unspecified atom stereocenters. The monoisotopic (exact) mass is 257 g/mol. The fraction of sp³-hybridized carbons (Fsp3) is 0.286. The van der Waals surface area contributed by atoms with Gasteiger partial charge >= 0.3 is 0 Å². The Labute approximate surface area is 88.2 Å². The molecule has 0 spiro atoms. The van der Waals surface area contributed by atoms with Gasteiger partial charge in [0.15, 0.2) is 5.82 Å². The summed E-state index contributed by atoms with van der Waals surface area (Å²) in [5, 5.41) is 11.5. The van der Waals surface area contributed by atoms with Crippen molar-refractivity contribution in [2.75, 3.05) is 5.73 Å². The minimum atomic E-state index is 0.458. The molecule has 0 fully saturated rings. The Morgan fingerprint density at radius 1 is 1.57 bits per heavy atom. The minimum Gasteiger partial charge on any atom is -0.381 e. The van der Waals surface area contributed by atoms with E-state index in [9.17, 15) is 0 Å². The molecule has 6 nitrogen and oxygen atoms in total. The molecule has 74 valence electrons. The van der Waals surface area contributed by atoms with Crippen LogP contribution in [0.3, 0.4) is 0 Å². The molecule has 0 bridgehead atoms. The van der Waals surface area contributed by atoms with Crippen LogP contribution in [0.5, 0.6) is 0 Å². The van der Waals surface area contributed by atoms with Crippen LogP contribution in [-0.2, 0) is 6.54 Å². The Kier molecular flexibility index (Phi) is 2.24. The molecule has 0 aliphatic rings. The summed E-state index contributed by atoms with van der Waals surface area (Å²) < 4.78 is 7.01. The van der Waals surface area contributed by atoms with Gasteiger partial charge in [-0.15, -0.1) is 0 Å². The number of aromatic nitrogens is 4. The molecule has 0 saturated carbocycles. The predicted molar refractivity (Wildman–Crippen MR) is 52.5 cm³/mol. The van der Waals surface area contributed by atoms with E-state index in [1.54, 1.807) is 10.9 Å². The van der Waals surface area contributed by atoms with E-state index in [1.165, 1.54) is 0 Å². The van der Waals surface area contributed by atoms with E-state index in [4.69, 9.17) is 5.73 Å². The Morgan fingerprint density at radius 2 is 2.36 bits per heavy atom. The maximum atomic E-state index is 5.57. The van der Waals surface area contributed by atoms with Gasteiger partial charge in [0, 0.05) is 6.20 Å². The lowest BCUT2D eigenvalue weighted by atomic mass is 10.3. The highest BCUT2D eigenvalue weighted by molar-refractivity contribution is 9.10. The number of hydrogen-bond acceptors (Lipinski definition) is 5. The smallest absolute Gasteiger partial charge is 0.159 e. The van der Waals surface area contributed by atoms with E-state index in [1.807, 2.05) is 6.92 Å². The minimum absolute atomic E-state index is 0.458. The van der Waals surface area contributed by atoms with Gasteiger partial charge in [-0.3, -0.25) is 4.68 Å². The van der Waals surface area contributed by atoms with Gasteiger partial charge in [0.1, 0.15) is 11.4 Å². The van der Waals surface area contributed by atoms with Gasteiger partial charge in [-0.25, -0.2) is 4.63 Å². The lowest BCUT2D eigenvalue weighted by molar-refractivity contribution is 0.300. The van der Waals surface area contributed by atoms with Gasteiger partial charge < -0.3 is 5.73 Å². The fourth-order valence-electron chi connectivity index (χ4n) is 1.04. The van der Waals surface area contributed by atoms with Crippen LogP contribution in [0.25, 0.3) is 0 Å². The molecule has 0 aliphatic heterocycles. The summed E-state index contributed by atoms with van der Waals surface area (Å²) in [6, 6.07) is 0. The van der Waals surface area contributed by atoms with Crippen molar-refractivity contribution in [3.05, 3.63) is 22.1 Å². The molecule has 0 aliphatic carbocycles. The second-order valence-corrected chi connectivity index (χ2v) is 3.71. The summed E-state index contributed by atoms with van der Waals surface area (Å²) in [5.74, 6) is 0.458. The van der Waals surface area contributed by atoms with Gasteiger partial charge in [0.2, 0.25) is 0 Å². The molecule has 2 aromatic rings. The van der Waals surface area contributed by atoms with E-state index < -0.39 is 0 Å². The Bertz CT molecular complexity index is 429. The summed E-state index contributed by atoms with van der Waals surface area (Å²) in [5.41, 5.74) is 7.08. The van der Waals surface area contributed by atoms with Crippen LogP contribution in [0.1, 0.15) is 11.4 Å². The molecular weight excluding hydrogens is 250 g/mol. The van der Waals surface area contributed by atoms with Crippen molar-refractivity contribution in [3.63, 3.8) is 0 Å². The van der Waals surface area contributed by atoms with Crippen LogP contribution in [0.15, 0.2) is 15.3 Å². The Morgan fingerprint density at radius 3 is 2.86 bits per heavy atom. The molecule has 0 radical (unpaired) electrons. The predicted octanol–water partition coefficient (Wildman–Crippen LogP) is 0.968. The van der Waals surface area contributed by atoms with Crippen molar-refractivity contribution in [3.8, 4) is 0 Å². The summed E-state index contributed by atoms with van der Waals surface area (Å²) in [7, 11) is 0. The standard InChI is InChI=1S/C7H8BrN5O/c1-4-6(12-14-11-4)3-13-2-5(8)7(9)10-13/h2H,3H2,1H3,(H2,9,10). The average Bonchev–Trinajstić information content (AvgIpc) is 2.63. The van der Waals surface area contributed by atoms with Crippen LogP contribution in [0.4, 0.5) is 5.82 Å². The zero-order valence-electron chi connectivity index (χ0n) is 7.44. The van der Waals surface area contributed by atoms with Crippen molar-refractivity contribution >= 4 is 21.7 Å². The van der Waals surface area contributed by atoms with Crippen LogP contribution < -0.4 is 5.73 Å². The number of halogens is 1. The number of nitrogens with two attached hydrogens (primary N) is 1. The number of hydrogen-bond donors (Lipinski definition) is 1. The first-order valence-corrected chi connectivity index (χ1v) is 4.72. The van der Waals surface area contributed by atoms with Gasteiger partial charge in [0.05, 0.1) is 11.0 Å². The molecule has 2 rings (SSSR count). The SMILES string of the molecule is Cc1nonc1Cn1cc(Br)c(N)n1. The number of nitrogen functional groups attached to an aromatic ring is 1. The third kappa shape index (κ3) is 1.63. The number of rotatable bonds is 2. The zero-order chi connectivity index (χ0) is 10.1. The molecule has 14 heavy (non-hydrogen) atoms. The van der Waals surface area contributed by atoms with Gasteiger partial charge in [-0.05, 0) is 22.9 Å². The van der Waals surface area contributed by atoms with E-state index in [0.717, 1.165) is 15.9 Å². The van der Waals surface area contributed by atoms with Gasteiger partial charge in [0.25, 0.3) is 0 Å². The second kappa shape index (κ2) is 3.41. The highest BCUT2D eigenvalue weighted by Crippen LogP contribution is 2.17. The third-order valence-electron chi connectivity index (χ3n) is 1.80. The maximum Gasteiger partial charge on any atom is 0.159 e. The average molecular weight is 258 g/mol. The summed E-state index contributed by atoms with van der Waals surface area (Å²) in [6.45, 7) is 2.33. The van der Waals surface area contributed by atoms with Crippen LogP contribution in [-0.4, -0.2) is 20.1 Å². The molecule has 2 heterocycles. The normalized spacial score (nSPS) is 10.7. The number of nitrogens with zero attached hydrogens (tertiary/aromatic N) is 4. The lowest BCUT2D eigenvalue weighted by Gasteiger charge is -1.95. The van der Waals surface area contributed by atoms with Gasteiger partial charge in [-0.1, -0.05) is 10.3 Å². The molecule has 0 aromatic carbocycles. The Hall–Kier alpha value is -1.37. The fourth-order valence-corrected chi connectivity index (χ4v) is 1.36. The van der Waals surface area contributed by atoms with Crippen molar-refractivity contribution in [1.82, 2.24) is 20.1 Å². The molecule has 0 atom stereocenters. The second-order valence-electron chi connectivity index (χ2n) is 2.86. The molecule has 0 amide bonds. The maximum absolute atomic E-state index is 5.57. The summed E-state index contributed by atoms with van der Waals surface area (Å²) in [4.78, 5) is 0. The first-order valence-electron chi connectivity index (χ1n) is 3.93. The number of aryl methyl sites for hydroxylation is 1. The molecule has 2 aromatic heterocycles. The van der Waals surface area contributed by atoms with E-state index in [0.29, 0.717) is 12.4 Å². The van der Waals surface area contributed by atoms with Gasteiger partial charge in [-0.2, -0.15) is 5.10 Å². The van der Waals surface area contributed by atoms with Crippen molar-refractivity contribution in [1.29, 1.82) is 0 Å². The van der Waals surface area contributed by atoms with Crippen LogP contribution in [0.2, 0.25) is 0 Å². The largest absolute Gasteiger partial charge is 0.381 e. The van der Waals surface area contributed by atoms with E-state index in [2.05, 4.69) is 36.0 Å². The van der Waals surface area contributed by atoms with Crippen LogP contribution >= 0.6 is 15.9 Å². The molecule has 0 saturated heterocycles. The topological polar surface area (TPSA) is 82.8 Å². The summed E-state index contributed by atoms with van der Waals surface area (Å²) >= 11 is 3.27. The third-order valence-corrected chi connectivity index (χ3v) is 2.41. The van der Waals surface area contributed by atoms with Crippen molar-refractivity contribution in [2.45, 2.75) is 13.5 Å². The van der Waals surface area contributed by atoms with Crippen LogP contribution in [0, 0.1) is 6.92 Å².